The number of nitriles is 1. The zero-order chi connectivity index (χ0) is 16.3. The highest BCUT2D eigenvalue weighted by Crippen LogP contribution is 2.29. The van der Waals surface area contributed by atoms with Gasteiger partial charge in [0.1, 0.15) is 11.6 Å². The number of hydrogen-bond donors (Lipinski definition) is 1. The number of benzene rings is 1. The third-order valence-corrected chi connectivity index (χ3v) is 3.35. The largest absolute Gasteiger partial charge is 0.491 e. The molecule has 0 radical (unpaired) electrons. The second kappa shape index (κ2) is 6.58. The van der Waals surface area contributed by atoms with Crippen molar-refractivity contribution in [1.29, 1.82) is 5.26 Å². The maximum Gasteiger partial charge on any atom is 0.270 e. The lowest BCUT2D eigenvalue weighted by molar-refractivity contribution is 0.314. The van der Waals surface area contributed by atoms with Crippen molar-refractivity contribution in [2.75, 3.05) is 12.9 Å². The third kappa shape index (κ3) is 2.94. The standard InChI is InChI=1S/C14H11F2N3O2S/c1-3-21-10-5-7(4-9(15)11(10)16)12-8(6-17)13(20)19-14(18-12)22-2/h4-5H,3H2,1-2H3,(H,18,19,20). The fourth-order valence-electron chi connectivity index (χ4n) is 1.82. The van der Waals surface area contributed by atoms with Crippen molar-refractivity contribution in [3.63, 3.8) is 0 Å². The van der Waals surface area contributed by atoms with Crippen molar-refractivity contribution in [2.24, 2.45) is 0 Å². The molecule has 2 aromatic rings. The van der Waals surface area contributed by atoms with Gasteiger partial charge in [-0.3, -0.25) is 4.79 Å². The minimum atomic E-state index is -1.14. The first-order chi connectivity index (χ1) is 10.5. The van der Waals surface area contributed by atoms with Gasteiger partial charge in [-0.2, -0.15) is 9.65 Å². The molecule has 0 atom stereocenters. The zero-order valence-electron chi connectivity index (χ0n) is 11.7. The molecule has 8 heteroatoms. The van der Waals surface area contributed by atoms with Gasteiger partial charge >= 0.3 is 0 Å². The average Bonchev–Trinajstić information content (AvgIpc) is 2.50. The minimum absolute atomic E-state index is 0.0181. The van der Waals surface area contributed by atoms with Crippen molar-refractivity contribution in [1.82, 2.24) is 9.97 Å². The molecule has 0 saturated carbocycles. The Morgan fingerprint density at radius 1 is 1.45 bits per heavy atom. The second-order valence-corrected chi connectivity index (χ2v) is 4.91. The highest BCUT2D eigenvalue weighted by Gasteiger charge is 2.18. The Morgan fingerprint density at radius 3 is 2.77 bits per heavy atom. The van der Waals surface area contributed by atoms with Crippen LogP contribution in [0.3, 0.4) is 0 Å². The normalized spacial score (nSPS) is 10.3. The summed E-state index contributed by atoms with van der Waals surface area (Å²) in [6, 6.07) is 3.82. The first-order valence-electron chi connectivity index (χ1n) is 6.22. The second-order valence-electron chi connectivity index (χ2n) is 4.11. The van der Waals surface area contributed by atoms with Gasteiger partial charge < -0.3 is 9.72 Å². The lowest BCUT2D eigenvalue weighted by Crippen LogP contribution is -2.14. The molecule has 2 rings (SSSR count). The summed E-state index contributed by atoms with van der Waals surface area (Å²) < 4.78 is 32.4. The SMILES string of the molecule is CCOc1cc(-c2nc(SC)[nH]c(=O)c2C#N)cc(F)c1F. The predicted octanol–water partition coefficient (Wildman–Crippen LogP) is 2.71. The van der Waals surface area contributed by atoms with Crippen LogP contribution < -0.4 is 10.3 Å². The van der Waals surface area contributed by atoms with Crippen molar-refractivity contribution in [3.8, 4) is 23.1 Å². The van der Waals surface area contributed by atoms with Crippen LogP contribution in [0.4, 0.5) is 8.78 Å². The molecule has 0 fully saturated rings. The summed E-state index contributed by atoms with van der Waals surface area (Å²) >= 11 is 1.16. The number of halogens is 2. The van der Waals surface area contributed by atoms with Gasteiger partial charge in [0, 0.05) is 5.56 Å². The van der Waals surface area contributed by atoms with Crippen LogP contribution in [-0.2, 0) is 0 Å². The Morgan fingerprint density at radius 2 is 2.18 bits per heavy atom. The molecule has 0 aliphatic heterocycles. The van der Waals surface area contributed by atoms with Gasteiger partial charge in [-0.1, -0.05) is 11.8 Å². The molecule has 0 spiro atoms. The molecule has 114 valence electrons. The molecule has 1 aromatic carbocycles. The molecule has 5 nitrogen and oxygen atoms in total. The minimum Gasteiger partial charge on any atom is -0.491 e. The van der Waals surface area contributed by atoms with Crippen LogP contribution in [0.5, 0.6) is 5.75 Å². The third-order valence-electron chi connectivity index (χ3n) is 2.77. The van der Waals surface area contributed by atoms with Crippen LogP contribution >= 0.6 is 11.8 Å². The summed E-state index contributed by atoms with van der Waals surface area (Å²) in [6.07, 6.45) is 1.69. The average molecular weight is 323 g/mol. The van der Waals surface area contributed by atoms with E-state index in [1.165, 1.54) is 6.07 Å². The van der Waals surface area contributed by atoms with E-state index in [4.69, 9.17) is 10.00 Å². The molecule has 22 heavy (non-hydrogen) atoms. The smallest absolute Gasteiger partial charge is 0.270 e. The van der Waals surface area contributed by atoms with Crippen LogP contribution in [0.2, 0.25) is 0 Å². The fourth-order valence-corrected chi connectivity index (χ4v) is 2.20. The van der Waals surface area contributed by atoms with Crippen molar-refractivity contribution < 1.29 is 13.5 Å². The molecule has 1 heterocycles. The van der Waals surface area contributed by atoms with Gasteiger partial charge in [0.25, 0.3) is 5.56 Å². The molecule has 0 aliphatic rings. The van der Waals surface area contributed by atoms with Crippen LogP contribution in [-0.4, -0.2) is 22.8 Å². The first kappa shape index (κ1) is 16.0. The number of thioether (sulfide) groups is 1. The summed E-state index contributed by atoms with van der Waals surface area (Å²) in [7, 11) is 0. The molecule has 1 aromatic heterocycles. The van der Waals surface area contributed by atoms with Gasteiger partial charge in [-0.05, 0) is 25.3 Å². The highest BCUT2D eigenvalue weighted by molar-refractivity contribution is 7.98. The Bertz CT molecular complexity index is 815. The molecule has 1 N–H and O–H groups in total. The number of H-pyrrole nitrogens is 1. The highest BCUT2D eigenvalue weighted by atomic mass is 32.2. The summed E-state index contributed by atoms with van der Waals surface area (Å²) in [6.45, 7) is 1.77. The van der Waals surface area contributed by atoms with Gasteiger partial charge in [-0.25, -0.2) is 9.37 Å². The lowest BCUT2D eigenvalue weighted by atomic mass is 10.1. The number of hydrogen-bond acceptors (Lipinski definition) is 5. The number of aromatic nitrogens is 2. The molecule has 0 amide bonds. The van der Waals surface area contributed by atoms with Crippen LogP contribution in [0.25, 0.3) is 11.3 Å². The first-order valence-corrected chi connectivity index (χ1v) is 7.44. The Hall–Kier alpha value is -2.40. The molecular weight excluding hydrogens is 312 g/mol. The van der Waals surface area contributed by atoms with Crippen molar-refractivity contribution >= 4 is 11.8 Å². The van der Waals surface area contributed by atoms with Gasteiger partial charge in [0.05, 0.1) is 12.3 Å². The summed E-state index contributed by atoms with van der Waals surface area (Å²) in [5, 5.41) is 9.37. The molecule has 0 saturated heterocycles. The van der Waals surface area contributed by atoms with Crippen molar-refractivity contribution in [2.45, 2.75) is 12.1 Å². The predicted molar refractivity (Wildman–Crippen MR) is 77.9 cm³/mol. The van der Waals surface area contributed by atoms with Crippen LogP contribution in [0, 0.1) is 23.0 Å². The van der Waals surface area contributed by atoms with Gasteiger partial charge in [0.2, 0.25) is 5.82 Å². The van der Waals surface area contributed by atoms with E-state index in [9.17, 15) is 13.6 Å². The van der Waals surface area contributed by atoms with E-state index in [1.807, 2.05) is 0 Å². The summed E-state index contributed by atoms with van der Waals surface area (Å²) in [4.78, 5) is 18.4. The topological polar surface area (TPSA) is 78.8 Å². The maximum atomic E-state index is 13.7. The van der Waals surface area contributed by atoms with E-state index in [0.29, 0.717) is 0 Å². The van der Waals surface area contributed by atoms with E-state index in [2.05, 4.69) is 9.97 Å². The number of ether oxygens (including phenoxy) is 1. The van der Waals surface area contributed by atoms with Crippen LogP contribution in [0.15, 0.2) is 22.1 Å². The van der Waals surface area contributed by atoms with Crippen molar-refractivity contribution in [3.05, 3.63) is 39.7 Å². The number of aromatic amines is 1. The fraction of sp³-hybridized carbons (Fsp3) is 0.214. The van der Waals surface area contributed by atoms with E-state index in [1.54, 1.807) is 19.2 Å². The van der Waals surface area contributed by atoms with Gasteiger partial charge in [0.15, 0.2) is 16.7 Å². The monoisotopic (exact) mass is 323 g/mol. The quantitative estimate of drug-likeness (QED) is 0.691. The summed E-state index contributed by atoms with van der Waals surface area (Å²) in [5.74, 6) is -2.56. The van der Waals surface area contributed by atoms with Crippen LogP contribution in [0.1, 0.15) is 12.5 Å². The lowest BCUT2D eigenvalue weighted by Gasteiger charge is -2.09. The number of nitrogens with one attached hydrogen (secondary N) is 1. The number of rotatable bonds is 4. The van der Waals surface area contributed by atoms with E-state index in [-0.39, 0.29) is 34.3 Å². The maximum absolute atomic E-state index is 13.7. The molecular formula is C14H11F2N3O2S. The zero-order valence-corrected chi connectivity index (χ0v) is 12.6. The summed E-state index contributed by atoms with van der Waals surface area (Å²) in [5.41, 5.74) is -0.832. The molecule has 0 aliphatic carbocycles. The Labute approximate surface area is 129 Å². The van der Waals surface area contributed by atoms with E-state index in [0.717, 1.165) is 17.8 Å². The van der Waals surface area contributed by atoms with E-state index >= 15 is 0 Å². The molecule has 0 bridgehead atoms. The Balaban J connectivity index is 2.74. The van der Waals surface area contributed by atoms with Gasteiger partial charge in [-0.15, -0.1) is 0 Å². The molecule has 0 unspecified atom stereocenters. The number of nitrogens with zero attached hydrogens (tertiary/aromatic N) is 2. The Kier molecular flexibility index (Phi) is 4.78. The van der Waals surface area contributed by atoms with E-state index < -0.39 is 17.2 Å².